The molecule has 1 fully saturated rings. The largest absolute Gasteiger partial charge is 0.481 e. The molecule has 1 heterocycles. The summed E-state index contributed by atoms with van der Waals surface area (Å²) in [7, 11) is 0. The molecule has 1 rings (SSSR count). The van der Waals surface area contributed by atoms with Crippen LogP contribution in [0.25, 0.3) is 0 Å². The molecule has 14 heavy (non-hydrogen) atoms. The van der Waals surface area contributed by atoms with Gasteiger partial charge in [0.05, 0.1) is 12.0 Å². The summed E-state index contributed by atoms with van der Waals surface area (Å²) in [4.78, 5) is 10.7. The van der Waals surface area contributed by atoms with E-state index in [1.807, 2.05) is 0 Å². The van der Waals surface area contributed by atoms with Crippen LogP contribution in [0.4, 0.5) is 0 Å². The Bertz CT molecular complexity index is 187. The minimum Gasteiger partial charge on any atom is -0.481 e. The number of hydrogen-bond acceptors (Lipinski definition) is 3. The van der Waals surface area contributed by atoms with Crippen molar-refractivity contribution >= 4 is 5.97 Å². The van der Waals surface area contributed by atoms with E-state index in [0.29, 0.717) is 0 Å². The maximum atomic E-state index is 10.7. The van der Waals surface area contributed by atoms with Gasteiger partial charge in [-0.1, -0.05) is 0 Å². The maximum absolute atomic E-state index is 10.7. The van der Waals surface area contributed by atoms with Crippen LogP contribution in [0.5, 0.6) is 0 Å². The maximum Gasteiger partial charge on any atom is 0.308 e. The minimum absolute atomic E-state index is 0.208. The van der Waals surface area contributed by atoms with E-state index in [2.05, 4.69) is 0 Å². The monoisotopic (exact) mass is 202 g/mol. The topological polar surface area (TPSA) is 55.8 Å². The zero-order chi connectivity index (χ0) is 10.6. The lowest BCUT2D eigenvalue weighted by Gasteiger charge is -2.27. The number of ether oxygens (including phenoxy) is 2. The van der Waals surface area contributed by atoms with Gasteiger partial charge in [-0.15, -0.1) is 0 Å². The normalized spacial score (nSPS) is 26.9. The van der Waals surface area contributed by atoms with Crippen molar-refractivity contribution in [2.75, 3.05) is 6.61 Å². The van der Waals surface area contributed by atoms with E-state index in [9.17, 15) is 4.79 Å². The molecule has 82 valence electrons. The Balaban J connectivity index is 2.31. The van der Waals surface area contributed by atoms with Gasteiger partial charge in [-0.3, -0.25) is 4.79 Å². The SMILES string of the molecule is CC(OC1CCCCO1)C(C)C(=O)O. The molecule has 1 aliphatic heterocycles. The van der Waals surface area contributed by atoms with Crippen molar-refractivity contribution in [3.05, 3.63) is 0 Å². The summed E-state index contributed by atoms with van der Waals surface area (Å²) in [5, 5.41) is 8.76. The zero-order valence-corrected chi connectivity index (χ0v) is 8.73. The first-order valence-corrected chi connectivity index (χ1v) is 5.11. The average Bonchev–Trinajstić information content (AvgIpc) is 2.18. The van der Waals surface area contributed by atoms with Crippen LogP contribution in [-0.4, -0.2) is 30.1 Å². The van der Waals surface area contributed by atoms with Gasteiger partial charge in [0.2, 0.25) is 0 Å². The third kappa shape index (κ3) is 3.27. The molecule has 1 aliphatic rings. The van der Waals surface area contributed by atoms with Gasteiger partial charge in [0, 0.05) is 6.61 Å². The van der Waals surface area contributed by atoms with E-state index in [1.54, 1.807) is 13.8 Å². The van der Waals surface area contributed by atoms with E-state index in [0.717, 1.165) is 25.9 Å². The van der Waals surface area contributed by atoms with Crippen LogP contribution in [0, 0.1) is 5.92 Å². The van der Waals surface area contributed by atoms with Crippen molar-refractivity contribution in [1.29, 1.82) is 0 Å². The summed E-state index contributed by atoms with van der Waals surface area (Å²) in [5.41, 5.74) is 0. The molecule has 3 unspecified atom stereocenters. The number of aliphatic carboxylic acids is 1. The highest BCUT2D eigenvalue weighted by Crippen LogP contribution is 2.18. The third-order valence-electron chi connectivity index (χ3n) is 2.60. The molecule has 0 aromatic rings. The van der Waals surface area contributed by atoms with Crippen LogP contribution < -0.4 is 0 Å². The second-order valence-corrected chi connectivity index (χ2v) is 3.76. The van der Waals surface area contributed by atoms with Crippen LogP contribution in [0.1, 0.15) is 33.1 Å². The second kappa shape index (κ2) is 5.32. The summed E-state index contributed by atoms with van der Waals surface area (Å²) in [6, 6.07) is 0. The molecule has 0 aromatic carbocycles. The Morgan fingerprint density at radius 3 is 2.71 bits per heavy atom. The highest BCUT2D eigenvalue weighted by Gasteiger charge is 2.24. The van der Waals surface area contributed by atoms with Crippen LogP contribution in [-0.2, 0) is 14.3 Å². The zero-order valence-electron chi connectivity index (χ0n) is 8.73. The van der Waals surface area contributed by atoms with Crippen LogP contribution in [0.15, 0.2) is 0 Å². The molecule has 0 radical (unpaired) electrons. The second-order valence-electron chi connectivity index (χ2n) is 3.76. The average molecular weight is 202 g/mol. The van der Waals surface area contributed by atoms with E-state index in [4.69, 9.17) is 14.6 Å². The van der Waals surface area contributed by atoms with Gasteiger partial charge >= 0.3 is 5.97 Å². The molecule has 0 spiro atoms. The van der Waals surface area contributed by atoms with Gasteiger partial charge in [0.15, 0.2) is 6.29 Å². The number of rotatable bonds is 4. The van der Waals surface area contributed by atoms with Crippen molar-refractivity contribution < 1.29 is 19.4 Å². The van der Waals surface area contributed by atoms with Gasteiger partial charge in [-0.05, 0) is 33.1 Å². The first-order chi connectivity index (χ1) is 6.61. The minimum atomic E-state index is -0.826. The highest BCUT2D eigenvalue weighted by atomic mass is 16.7. The van der Waals surface area contributed by atoms with Gasteiger partial charge in [0.25, 0.3) is 0 Å². The summed E-state index contributed by atoms with van der Waals surface area (Å²) in [5.74, 6) is -1.31. The summed E-state index contributed by atoms with van der Waals surface area (Å²) in [6.07, 6.45) is 2.54. The summed E-state index contributed by atoms with van der Waals surface area (Å²) in [6.45, 7) is 4.14. The van der Waals surface area contributed by atoms with Crippen molar-refractivity contribution in [2.24, 2.45) is 5.92 Å². The van der Waals surface area contributed by atoms with Gasteiger partial charge in [-0.25, -0.2) is 0 Å². The number of carboxylic acid groups (broad SMARTS) is 1. The van der Waals surface area contributed by atoms with E-state index < -0.39 is 11.9 Å². The highest BCUT2D eigenvalue weighted by molar-refractivity contribution is 5.70. The van der Waals surface area contributed by atoms with Crippen LogP contribution >= 0.6 is 0 Å². The number of carboxylic acids is 1. The molecular weight excluding hydrogens is 184 g/mol. The van der Waals surface area contributed by atoms with Gasteiger partial charge in [0.1, 0.15) is 0 Å². The molecule has 1 saturated heterocycles. The molecule has 3 atom stereocenters. The predicted molar refractivity (Wildman–Crippen MR) is 50.9 cm³/mol. The summed E-state index contributed by atoms with van der Waals surface area (Å²) < 4.78 is 10.9. The summed E-state index contributed by atoms with van der Waals surface area (Å²) >= 11 is 0. The smallest absolute Gasteiger partial charge is 0.308 e. The number of hydrogen-bond donors (Lipinski definition) is 1. The molecule has 4 heteroatoms. The predicted octanol–water partition coefficient (Wildman–Crippen LogP) is 1.64. The molecular formula is C10H18O4. The Morgan fingerprint density at radius 2 is 2.21 bits per heavy atom. The van der Waals surface area contributed by atoms with E-state index in [-0.39, 0.29) is 12.4 Å². The lowest BCUT2D eigenvalue weighted by atomic mass is 10.1. The number of carbonyl (C=O) groups is 1. The van der Waals surface area contributed by atoms with Crippen LogP contribution in [0.2, 0.25) is 0 Å². The quantitative estimate of drug-likeness (QED) is 0.753. The lowest BCUT2D eigenvalue weighted by Crippen LogP contribution is -2.32. The Kier molecular flexibility index (Phi) is 4.35. The molecule has 0 bridgehead atoms. The molecule has 4 nitrogen and oxygen atoms in total. The molecule has 0 aliphatic carbocycles. The Hall–Kier alpha value is -0.610. The van der Waals surface area contributed by atoms with Gasteiger partial charge in [-0.2, -0.15) is 0 Å². The van der Waals surface area contributed by atoms with E-state index >= 15 is 0 Å². The van der Waals surface area contributed by atoms with Crippen LogP contribution in [0.3, 0.4) is 0 Å². The fraction of sp³-hybridized carbons (Fsp3) is 0.900. The first-order valence-electron chi connectivity index (χ1n) is 5.11. The molecule has 1 N–H and O–H groups in total. The first kappa shape index (κ1) is 11.5. The van der Waals surface area contributed by atoms with Crippen molar-refractivity contribution in [1.82, 2.24) is 0 Å². The lowest BCUT2D eigenvalue weighted by molar-refractivity contribution is -0.197. The third-order valence-corrected chi connectivity index (χ3v) is 2.60. The van der Waals surface area contributed by atoms with Crippen molar-refractivity contribution in [3.8, 4) is 0 Å². The fourth-order valence-electron chi connectivity index (χ4n) is 1.38. The molecule has 0 aromatic heterocycles. The Labute approximate surface area is 84.2 Å². The molecule has 0 saturated carbocycles. The van der Waals surface area contributed by atoms with Gasteiger partial charge < -0.3 is 14.6 Å². The molecule has 0 amide bonds. The standard InChI is InChI=1S/C10H18O4/c1-7(10(11)12)8(2)14-9-5-3-4-6-13-9/h7-9H,3-6H2,1-2H3,(H,11,12). The van der Waals surface area contributed by atoms with E-state index in [1.165, 1.54) is 0 Å². The van der Waals surface area contributed by atoms with Crippen molar-refractivity contribution in [2.45, 2.75) is 45.5 Å². The fourth-order valence-corrected chi connectivity index (χ4v) is 1.38. The van der Waals surface area contributed by atoms with Crippen molar-refractivity contribution in [3.63, 3.8) is 0 Å². The Morgan fingerprint density at radius 1 is 1.50 bits per heavy atom.